The highest BCUT2D eigenvalue weighted by atomic mass is 16.5. The molecule has 2 rings (SSSR count). The molecule has 0 aromatic heterocycles. The summed E-state index contributed by atoms with van der Waals surface area (Å²) in [4.78, 5) is 12.4. The van der Waals surface area contributed by atoms with Crippen LogP contribution in [0.1, 0.15) is 18.9 Å². The largest absolute Gasteiger partial charge is 0.491 e. The number of rotatable bonds is 9. The van der Waals surface area contributed by atoms with Gasteiger partial charge < -0.3 is 19.5 Å². The minimum atomic E-state index is -0.542. The smallest absolute Gasteiger partial charge is 0.265 e. The van der Waals surface area contributed by atoms with Gasteiger partial charge in [0.05, 0.1) is 6.61 Å². The Labute approximate surface area is 148 Å². The zero-order valence-electron chi connectivity index (χ0n) is 15.0. The molecule has 0 saturated heterocycles. The Kier molecular flexibility index (Phi) is 7.29. The average molecular weight is 343 g/mol. The summed E-state index contributed by atoms with van der Waals surface area (Å²) in [6.07, 6.45) is 0.0391. The second-order valence-electron chi connectivity index (χ2n) is 5.69. The van der Waals surface area contributed by atoms with E-state index in [1.54, 1.807) is 19.2 Å². The van der Waals surface area contributed by atoms with Crippen LogP contribution >= 0.6 is 0 Å². The van der Waals surface area contributed by atoms with Gasteiger partial charge in [0.1, 0.15) is 18.1 Å². The van der Waals surface area contributed by atoms with Crippen LogP contribution in [0.3, 0.4) is 0 Å². The molecular weight excluding hydrogens is 318 g/mol. The van der Waals surface area contributed by atoms with Gasteiger partial charge in [0.2, 0.25) is 0 Å². The highest BCUT2D eigenvalue weighted by molar-refractivity contribution is 5.94. The van der Waals surface area contributed by atoms with Crippen LogP contribution in [0.5, 0.6) is 11.5 Å². The monoisotopic (exact) mass is 343 g/mol. The Balaban J connectivity index is 1.92. The lowest BCUT2D eigenvalue weighted by molar-refractivity contribution is -0.122. The summed E-state index contributed by atoms with van der Waals surface area (Å²) in [5.41, 5.74) is 1.80. The molecule has 134 valence electrons. The first-order valence-electron chi connectivity index (χ1n) is 8.38. The lowest BCUT2D eigenvalue weighted by Crippen LogP contribution is -2.32. The number of carbonyl (C=O) groups excluding carboxylic acids is 1. The molecule has 1 amide bonds. The topological polar surface area (TPSA) is 56.8 Å². The fourth-order valence-electron chi connectivity index (χ4n) is 2.28. The molecule has 0 saturated carbocycles. The zero-order valence-corrected chi connectivity index (χ0v) is 15.0. The Morgan fingerprint density at radius 3 is 2.48 bits per heavy atom. The van der Waals surface area contributed by atoms with E-state index in [1.165, 1.54) is 0 Å². The molecule has 0 radical (unpaired) electrons. The third-order valence-corrected chi connectivity index (χ3v) is 3.61. The van der Waals surface area contributed by atoms with E-state index in [4.69, 9.17) is 14.2 Å². The molecule has 0 aliphatic carbocycles. The summed E-state index contributed by atoms with van der Waals surface area (Å²) < 4.78 is 16.3. The molecule has 1 N–H and O–H groups in total. The van der Waals surface area contributed by atoms with Crippen molar-refractivity contribution >= 4 is 11.6 Å². The van der Waals surface area contributed by atoms with Crippen molar-refractivity contribution in [3.63, 3.8) is 0 Å². The minimum absolute atomic E-state index is 0.169. The van der Waals surface area contributed by atoms with Gasteiger partial charge >= 0.3 is 0 Å². The van der Waals surface area contributed by atoms with E-state index >= 15 is 0 Å². The minimum Gasteiger partial charge on any atom is -0.491 e. The summed E-state index contributed by atoms with van der Waals surface area (Å²) in [5, 5.41) is 2.88. The standard InChI is InChI=1S/C20H25NO4/c1-4-19(25-18-7-5-6-15(2)14-18)20(22)21-16-8-10-17(11-9-16)24-13-12-23-3/h5-11,14,19H,4,12-13H2,1-3H3,(H,21,22). The maximum atomic E-state index is 12.4. The molecule has 0 fully saturated rings. The Morgan fingerprint density at radius 1 is 1.08 bits per heavy atom. The Morgan fingerprint density at radius 2 is 1.84 bits per heavy atom. The molecule has 5 heteroatoms. The highest BCUT2D eigenvalue weighted by Crippen LogP contribution is 2.18. The van der Waals surface area contributed by atoms with E-state index in [2.05, 4.69) is 5.32 Å². The second-order valence-corrected chi connectivity index (χ2v) is 5.69. The number of hydrogen-bond acceptors (Lipinski definition) is 4. The molecule has 25 heavy (non-hydrogen) atoms. The molecular formula is C20H25NO4. The summed E-state index contributed by atoms with van der Waals surface area (Å²) in [5.74, 6) is 1.26. The molecule has 0 heterocycles. The Bertz CT molecular complexity index is 670. The number of amides is 1. The predicted molar refractivity (Wildman–Crippen MR) is 98.3 cm³/mol. The fourth-order valence-corrected chi connectivity index (χ4v) is 2.28. The molecule has 5 nitrogen and oxygen atoms in total. The Hall–Kier alpha value is -2.53. The van der Waals surface area contributed by atoms with Gasteiger partial charge in [-0.05, 0) is 55.3 Å². The van der Waals surface area contributed by atoms with Gasteiger partial charge in [-0.25, -0.2) is 0 Å². The lowest BCUT2D eigenvalue weighted by Gasteiger charge is -2.17. The van der Waals surface area contributed by atoms with Crippen molar-refractivity contribution in [2.24, 2.45) is 0 Å². The van der Waals surface area contributed by atoms with Crippen molar-refractivity contribution in [1.29, 1.82) is 0 Å². The van der Waals surface area contributed by atoms with E-state index in [9.17, 15) is 4.79 Å². The molecule has 2 aromatic carbocycles. The zero-order chi connectivity index (χ0) is 18.1. The van der Waals surface area contributed by atoms with Crippen molar-refractivity contribution in [2.75, 3.05) is 25.6 Å². The molecule has 0 bridgehead atoms. The lowest BCUT2D eigenvalue weighted by atomic mass is 10.2. The van der Waals surface area contributed by atoms with Crippen molar-refractivity contribution in [3.05, 3.63) is 54.1 Å². The van der Waals surface area contributed by atoms with Crippen LogP contribution in [0.2, 0.25) is 0 Å². The van der Waals surface area contributed by atoms with Crippen LogP contribution in [0, 0.1) is 6.92 Å². The molecule has 0 aliphatic heterocycles. The van der Waals surface area contributed by atoms with Crippen molar-refractivity contribution in [2.45, 2.75) is 26.4 Å². The molecule has 2 aromatic rings. The van der Waals surface area contributed by atoms with Crippen LogP contribution < -0.4 is 14.8 Å². The number of anilines is 1. The average Bonchev–Trinajstić information content (AvgIpc) is 2.61. The highest BCUT2D eigenvalue weighted by Gasteiger charge is 2.18. The third kappa shape index (κ3) is 6.12. The van der Waals surface area contributed by atoms with Crippen LogP contribution in [-0.4, -0.2) is 32.3 Å². The second kappa shape index (κ2) is 9.69. The number of ether oxygens (including phenoxy) is 3. The van der Waals surface area contributed by atoms with Crippen molar-refractivity contribution in [3.8, 4) is 11.5 Å². The molecule has 0 aliphatic rings. The van der Waals surface area contributed by atoms with E-state index in [0.717, 1.165) is 11.3 Å². The molecule has 1 atom stereocenters. The van der Waals surface area contributed by atoms with Gasteiger partial charge in [-0.15, -0.1) is 0 Å². The number of benzene rings is 2. The first kappa shape index (κ1) is 18.8. The van der Waals surface area contributed by atoms with Crippen LogP contribution in [0.15, 0.2) is 48.5 Å². The quantitative estimate of drug-likeness (QED) is 0.703. The number of carbonyl (C=O) groups is 1. The van der Waals surface area contributed by atoms with Gasteiger partial charge in [0.25, 0.3) is 5.91 Å². The van der Waals surface area contributed by atoms with Gasteiger partial charge in [-0.1, -0.05) is 19.1 Å². The predicted octanol–water partition coefficient (Wildman–Crippen LogP) is 3.82. The first-order valence-corrected chi connectivity index (χ1v) is 8.38. The summed E-state index contributed by atoms with van der Waals surface area (Å²) in [6.45, 7) is 4.94. The molecule has 0 spiro atoms. The molecule has 1 unspecified atom stereocenters. The maximum absolute atomic E-state index is 12.4. The van der Waals surface area contributed by atoms with Crippen molar-refractivity contribution < 1.29 is 19.0 Å². The van der Waals surface area contributed by atoms with E-state index in [1.807, 2.05) is 50.2 Å². The number of aryl methyl sites for hydroxylation is 1. The SMILES string of the molecule is CCC(Oc1cccc(C)c1)C(=O)Nc1ccc(OCCOC)cc1. The number of nitrogens with one attached hydrogen (secondary N) is 1. The first-order chi connectivity index (χ1) is 12.1. The van der Waals surface area contributed by atoms with E-state index < -0.39 is 6.10 Å². The number of hydrogen-bond donors (Lipinski definition) is 1. The maximum Gasteiger partial charge on any atom is 0.265 e. The van der Waals surface area contributed by atoms with E-state index in [0.29, 0.717) is 31.1 Å². The summed E-state index contributed by atoms with van der Waals surface area (Å²) in [6, 6.07) is 14.9. The fraction of sp³-hybridized carbons (Fsp3) is 0.350. The van der Waals surface area contributed by atoms with Crippen LogP contribution in [-0.2, 0) is 9.53 Å². The summed E-state index contributed by atoms with van der Waals surface area (Å²) in [7, 11) is 1.63. The van der Waals surface area contributed by atoms with Gasteiger partial charge in [-0.3, -0.25) is 4.79 Å². The third-order valence-electron chi connectivity index (χ3n) is 3.61. The van der Waals surface area contributed by atoms with Crippen LogP contribution in [0.4, 0.5) is 5.69 Å². The van der Waals surface area contributed by atoms with Gasteiger partial charge in [0.15, 0.2) is 6.10 Å². The van der Waals surface area contributed by atoms with Gasteiger partial charge in [-0.2, -0.15) is 0 Å². The normalized spacial score (nSPS) is 11.6. The van der Waals surface area contributed by atoms with Crippen molar-refractivity contribution in [1.82, 2.24) is 0 Å². The number of methoxy groups -OCH3 is 1. The van der Waals surface area contributed by atoms with E-state index in [-0.39, 0.29) is 5.91 Å². The summed E-state index contributed by atoms with van der Waals surface area (Å²) >= 11 is 0. The van der Waals surface area contributed by atoms with Crippen LogP contribution in [0.25, 0.3) is 0 Å². The van der Waals surface area contributed by atoms with Gasteiger partial charge in [0, 0.05) is 12.8 Å².